The third-order valence-corrected chi connectivity index (χ3v) is 5.56. The molecule has 0 fully saturated rings. The summed E-state index contributed by atoms with van der Waals surface area (Å²) in [6.07, 6.45) is 8.16. The van der Waals surface area contributed by atoms with Crippen LogP contribution in [0.2, 0.25) is 0 Å². The van der Waals surface area contributed by atoms with E-state index in [1.807, 2.05) is 43.3 Å². The Kier molecular flexibility index (Phi) is 8.14. The number of allylic oxidation sites excluding steroid dienone is 1. The van der Waals surface area contributed by atoms with Gasteiger partial charge < -0.3 is 10.6 Å². The fraction of sp³-hybridized carbons (Fsp3) is 0.0323. The van der Waals surface area contributed by atoms with Gasteiger partial charge >= 0.3 is 0 Å². The molecule has 1 aromatic heterocycles. The fourth-order valence-electron chi connectivity index (χ4n) is 3.51. The first-order chi connectivity index (χ1) is 18.0. The van der Waals surface area contributed by atoms with Crippen molar-refractivity contribution in [3.63, 3.8) is 0 Å². The summed E-state index contributed by atoms with van der Waals surface area (Å²) < 4.78 is 0. The van der Waals surface area contributed by atoms with Crippen molar-refractivity contribution in [2.75, 3.05) is 5.32 Å². The van der Waals surface area contributed by atoms with Crippen LogP contribution in [0.4, 0.5) is 5.69 Å². The second-order valence-electron chi connectivity index (χ2n) is 8.25. The molecule has 6 heteroatoms. The number of carbonyl (C=O) groups excluding carboxylic acids is 3. The van der Waals surface area contributed by atoms with E-state index in [0.717, 1.165) is 16.7 Å². The number of ketones is 1. The van der Waals surface area contributed by atoms with Crippen molar-refractivity contribution in [1.82, 2.24) is 10.3 Å². The SMILES string of the molecule is Cc1ccccc1/C=C(\NC(=O)c1ccccc1)C(=O)Nc1ccc(C(=O)/C=C/c2cccnc2)cc1. The molecule has 37 heavy (non-hydrogen) atoms. The number of hydrogen-bond acceptors (Lipinski definition) is 4. The highest BCUT2D eigenvalue weighted by Gasteiger charge is 2.15. The average molecular weight is 488 g/mol. The topological polar surface area (TPSA) is 88.2 Å². The number of hydrogen-bond donors (Lipinski definition) is 2. The normalized spacial score (nSPS) is 11.2. The molecule has 0 aliphatic rings. The number of carbonyl (C=O) groups is 3. The van der Waals surface area contributed by atoms with Crippen molar-refractivity contribution in [2.45, 2.75) is 6.92 Å². The molecule has 0 saturated carbocycles. The number of nitrogens with one attached hydrogen (secondary N) is 2. The lowest BCUT2D eigenvalue weighted by molar-refractivity contribution is -0.113. The van der Waals surface area contributed by atoms with Gasteiger partial charge in [-0.1, -0.05) is 48.5 Å². The second kappa shape index (κ2) is 12.0. The summed E-state index contributed by atoms with van der Waals surface area (Å²) in [5.41, 5.74) is 4.10. The number of aromatic nitrogens is 1. The Morgan fingerprint density at radius 3 is 2.22 bits per heavy atom. The van der Waals surface area contributed by atoms with E-state index in [-0.39, 0.29) is 11.5 Å². The summed E-state index contributed by atoms with van der Waals surface area (Å²) in [5.74, 6) is -1.04. The Hall–Kier alpha value is -5.10. The van der Waals surface area contributed by atoms with Crippen LogP contribution in [0.3, 0.4) is 0 Å². The van der Waals surface area contributed by atoms with Gasteiger partial charge in [-0.2, -0.15) is 0 Å². The molecule has 0 spiro atoms. The van der Waals surface area contributed by atoms with Crippen molar-refractivity contribution >= 4 is 35.4 Å². The predicted molar refractivity (Wildman–Crippen MR) is 146 cm³/mol. The van der Waals surface area contributed by atoms with Gasteiger partial charge in [0.2, 0.25) is 0 Å². The summed E-state index contributed by atoms with van der Waals surface area (Å²) in [6, 6.07) is 26.5. The maximum atomic E-state index is 13.2. The number of rotatable bonds is 8. The maximum Gasteiger partial charge on any atom is 0.272 e. The fourth-order valence-corrected chi connectivity index (χ4v) is 3.51. The average Bonchev–Trinajstić information content (AvgIpc) is 2.94. The van der Waals surface area contributed by atoms with E-state index in [0.29, 0.717) is 16.8 Å². The third-order valence-electron chi connectivity index (χ3n) is 5.56. The lowest BCUT2D eigenvalue weighted by Crippen LogP contribution is -2.30. The smallest absolute Gasteiger partial charge is 0.272 e. The van der Waals surface area contributed by atoms with Gasteiger partial charge in [0.05, 0.1) is 0 Å². The third kappa shape index (κ3) is 6.96. The standard InChI is InChI=1S/C31H25N3O3/c1-22-8-5-6-12-26(22)20-28(34-30(36)25-10-3-2-4-11-25)31(37)33-27-16-14-24(15-17-27)29(35)18-13-23-9-7-19-32-21-23/h2-21H,1H3,(H,33,37)(H,34,36)/b18-13+,28-20-. The van der Waals surface area contributed by atoms with Gasteiger partial charge in [0.1, 0.15) is 5.70 Å². The first kappa shape index (κ1) is 25.0. The molecule has 0 atom stereocenters. The zero-order valence-electron chi connectivity index (χ0n) is 20.2. The molecule has 0 aliphatic carbocycles. The van der Waals surface area contributed by atoms with Crippen molar-refractivity contribution in [3.05, 3.63) is 143 Å². The molecule has 3 aromatic carbocycles. The lowest BCUT2D eigenvalue weighted by Gasteiger charge is -2.12. The van der Waals surface area contributed by atoms with Crippen molar-refractivity contribution < 1.29 is 14.4 Å². The largest absolute Gasteiger partial charge is 0.321 e. The zero-order valence-corrected chi connectivity index (χ0v) is 20.2. The number of pyridine rings is 1. The van der Waals surface area contributed by atoms with E-state index < -0.39 is 11.8 Å². The molecule has 4 aromatic rings. The van der Waals surface area contributed by atoms with Gasteiger partial charge in [0, 0.05) is 29.2 Å². The second-order valence-corrected chi connectivity index (χ2v) is 8.25. The number of amides is 2. The Morgan fingerprint density at radius 2 is 1.51 bits per heavy atom. The van der Waals surface area contributed by atoms with E-state index in [1.54, 1.807) is 79.1 Å². The minimum absolute atomic E-state index is 0.0997. The van der Waals surface area contributed by atoms with Gasteiger partial charge in [-0.25, -0.2) is 0 Å². The minimum Gasteiger partial charge on any atom is -0.321 e. The summed E-state index contributed by atoms with van der Waals surface area (Å²) >= 11 is 0. The van der Waals surface area contributed by atoms with Gasteiger partial charge in [0.15, 0.2) is 5.78 Å². The number of anilines is 1. The quantitative estimate of drug-likeness (QED) is 0.247. The van der Waals surface area contributed by atoms with Crippen molar-refractivity contribution in [2.24, 2.45) is 0 Å². The first-order valence-electron chi connectivity index (χ1n) is 11.7. The Labute approximate surface area is 215 Å². The molecule has 0 bridgehead atoms. The van der Waals surface area contributed by atoms with Crippen LogP contribution in [0.1, 0.15) is 37.4 Å². The van der Waals surface area contributed by atoms with E-state index in [2.05, 4.69) is 15.6 Å². The molecular weight excluding hydrogens is 462 g/mol. The van der Waals surface area contributed by atoms with Crippen LogP contribution >= 0.6 is 0 Å². The predicted octanol–water partition coefficient (Wildman–Crippen LogP) is 5.70. The number of benzene rings is 3. The number of aryl methyl sites for hydroxylation is 1. The van der Waals surface area contributed by atoms with Crippen LogP contribution in [0.15, 0.2) is 115 Å². The Morgan fingerprint density at radius 1 is 0.784 bits per heavy atom. The molecule has 1 heterocycles. The first-order valence-corrected chi connectivity index (χ1v) is 11.7. The molecule has 182 valence electrons. The van der Waals surface area contributed by atoms with Crippen LogP contribution in [0.5, 0.6) is 0 Å². The molecule has 6 nitrogen and oxygen atoms in total. The summed E-state index contributed by atoms with van der Waals surface area (Å²) in [6.45, 7) is 1.93. The van der Waals surface area contributed by atoms with Crippen molar-refractivity contribution in [1.29, 1.82) is 0 Å². The monoisotopic (exact) mass is 487 g/mol. The molecule has 0 aliphatic heterocycles. The highest BCUT2D eigenvalue weighted by atomic mass is 16.2. The highest BCUT2D eigenvalue weighted by Crippen LogP contribution is 2.16. The van der Waals surface area contributed by atoms with Crippen LogP contribution in [0, 0.1) is 6.92 Å². The van der Waals surface area contributed by atoms with Gasteiger partial charge in [-0.05, 0) is 84.3 Å². The summed E-state index contributed by atoms with van der Waals surface area (Å²) in [7, 11) is 0. The van der Waals surface area contributed by atoms with Gasteiger partial charge in [-0.3, -0.25) is 19.4 Å². The van der Waals surface area contributed by atoms with E-state index in [9.17, 15) is 14.4 Å². The Bertz CT molecular complexity index is 1460. The molecule has 2 N–H and O–H groups in total. The maximum absolute atomic E-state index is 13.2. The Balaban J connectivity index is 1.50. The molecule has 4 rings (SSSR count). The van der Waals surface area contributed by atoms with Crippen LogP contribution in [-0.4, -0.2) is 22.6 Å². The van der Waals surface area contributed by atoms with Gasteiger partial charge in [-0.15, -0.1) is 0 Å². The summed E-state index contributed by atoms with van der Waals surface area (Å²) in [5, 5.41) is 5.54. The van der Waals surface area contributed by atoms with Crippen LogP contribution in [0.25, 0.3) is 12.2 Å². The minimum atomic E-state index is -0.483. The van der Waals surface area contributed by atoms with E-state index in [1.165, 1.54) is 6.08 Å². The molecule has 0 saturated heterocycles. The highest BCUT2D eigenvalue weighted by molar-refractivity contribution is 6.11. The van der Waals surface area contributed by atoms with Crippen LogP contribution < -0.4 is 10.6 Å². The zero-order chi connectivity index (χ0) is 26.0. The molecule has 0 radical (unpaired) electrons. The molecule has 2 amide bonds. The lowest BCUT2D eigenvalue weighted by atomic mass is 10.1. The van der Waals surface area contributed by atoms with Gasteiger partial charge in [0.25, 0.3) is 11.8 Å². The molecule has 0 unspecified atom stereocenters. The van der Waals surface area contributed by atoms with Crippen LogP contribution in [-0.2, 0) is 4.79 Å². The summed E-state index contributed by atoms with van der Waals surface area (Å²) in [4.78, 5) is 42.5. The molecular formula is C31H25N3O3. The van der Waals surface area contributed by atoms with E-state index in [4.69, 9.17) is 0 Å². The van der Waals surface area contributed by atoms with Crippen molar-refractivity contribution in [3.8, 4) is 0 Å². The van der Waals surface area contributed by atoms with E-state index >= 15 is 0 Å². The number of nitrogens with zero attached hydrogens (tertiary/aromatic N) is 1.